The number of carboxylic acid groups (broad SMARTS) is 2. The molecule has 0 spiro atoms. The van der Waals surface area contributed by atoms with E-state index in [1.807, 2.05) is 0 Å². The predicted octanol–water partition coefficient (Wildman–Crippen LogP) is 5.30. The van der Waals surface area contributed by atoms with Gasteiger partial charge >= 0.3 is 11.9 Å². The first-order valence-corrected chi connectivity index (χ1v) is 13.8. The van der Waals surface area contributed by atoms with Crippen LogP contribution in [0.15, 0.2) is 102 Å². The van der Waals surface area contributed by atoms with Gasteiger partial charge in [-0.25, -0.2) is 13.2 Å². The Hall–Kier alpha value is -4.05. The van der Waals surface area contributed by atoms with Crippen LogP contribution in [0, 0.1) is 0 Å². The number of aromatic nitrogens is 1. The van der Waals surface area contributed by atoms with Crippen molar-refractivity contribution in [2.45, 2.75) is 29.3 Å². The van der Waals surface area contributed by atoms with Gasteiger partial charge < -0.3 is 10.2 Å². The van der Waals surface area contributed by atoms with Gasteiger partial charge in [-0.1, -0.05) is 66.2 Å². The van der Waals surface area contributed by atoms with Crippen molar-refractivity contribution in [1.29, 1.82) is 0 Å². The van der Waals surface area contributed by atoms with Gasteiger partial charge in [0.2, 0.25) is 10.0 Å². The summed E-state index contributed by atoms with van der Waals surface area (Å²) in [5, 5.41) is 20.7. The van der Waals surface area contributed by atoms with Crippen LogP contribution in [0.2, 0.25) is 5.02 Å². The number of halogens is 1. The lowest BCUT2D eigenvalue weighted by Gasteiger charge is -2.29. The molecule has 2 atom stereocenters. The van der Waals surface area contributed by atoms with Crippen LogP contribution in [0.3, 0.4) is 0 Å². The van der Waals surface area contributed by atoms with Crippen molar-refractivity contribution in [3.63, 3.8) is 0 Å². The van der Waals surface area contributed by atoms with Crippen molar-refractivity contribution >= 4 is 33.6 Å². The lowest BCUT2D eigenvalue weighted by Crippen LogP contribution is -2.48. The molecule has 39 heavy (non-hydrogen) atoms. The molecule has 10 heteroatoms. The fourth-order valence-electron chi connectivity index (χ4n) is 4.87. The summed E-state index contributed by atoms with van der Waals surface area (Å²) >= 11 is 5.97. The van der Waals surface area contributed by atoms with Crippen molar-refractivity contribution in [2.75, 3.05) is 0 Å². The predicted molar refractivity (Wildman–Crippen MR) is 145 cm³/mol. The molecule has 3 aromatic carbocycles. The summed E-state index contributed by atoms with van der Waals surface area (Å²) in [7, 11) is -4.43. The van der Waals surface area contributed by atoms with Crippen LogP contribution in [-0.4, -0.2) is 45.4 Å². The Balaban J connectivity index is 1.60. The van der Waals surface area contributed by atoms with E-state index in [4.69, 9.17) is 11.6 Å². The van der Waals surface area contributed by atoms with Crippen LogP contribution in [0.1, 0.15) is 34.0 Å². The summed E-state index contributed by atoms with van der Waals surface area (Å²) in [4.78, 5) is 28.7. The van der Waals surface area contributed by atoms with E-state index in [-0.39, 0.29) is 22.6 Å². The molecule has 1 aliphatic carbocycles. The molecule has 1 heterocycles. The molecule has 4 aromatic rings. The first kappa shape index (κ1) is 26.6. The minimum absolute atomic E-state index is 0.0314. The fraction of sp³-hybridized carbons (Fsp3) is 0.138. The summed E-state index contributed by atoms with van der Waals surface area (Å²) in [6.45, 7) is -0.528. The maximum atomic E-state index is 14.1. The number of sulfonamides is 1. The van der Waals surface area contributed by atoms with E-state index in [0.717, 1.165) is 15.4 Å². The highest BCUT2D eigenvalue weighted by atomic mass is 35.5. The molecule has 1 aliphatic rings. The van der Waals surface area contributed by atoms with Crippen LogP contribution in [0.25, 0.3) is 11.1 Å². The molecule has 198 valence electrons. The van der Waals surface area contributed by atoms with Gasteiger partial charge in [-0.2, -0.15) is 4.31 Å². The number of aliphatic carboxylic acids is 1. The molecule has 8 nitrogen and oxygen atoms in total. The molecular weight excluding hydrogens is 540 g/mol. The molecule has 2 N–H and O–H groups in total. The molecule has 1 aromatic heterocycles. The maximum absolute atomic E-state index is 14.1. The average molecular weight is 563 g/mol. The van der Waals surface area contributed by atoms with E-state index < -0.39 is 40.0 Å². The van der Waals surface area contributed by atoms with E-state index in [2.05, 4.69) is 4.98 Å². The Labute approximate surface area is 230 Å². The number of carbonyl (C=O) groups is 2. The quantitative estimate of drug-likeness (QED) is 0.283. The molecule has 0 radical (unpaired) electrons. The minimum Gasteiger partial charge on any atom is -0.480 e. The normalized spacial score (nSPS) is 18.6. The van der Waals surface area contributed by atoms with E-state index in [0.29, 0.717) is 10.6 Å². The largest absolute Gasteiger partial charge is 0.480 e. The Morgan fingerprint density at radius 1 is 0.897 bits per heavy atom. The highest BCUT2D eigenvalue weighted by Crippen LogP contribution is 2.57. The third kappa shape index (κ3) is 4.92. The molecular formula is C29H23ClN2O6S. The zero-order valence-corrected chi connectivity index (χ0v) is 22.0. The standard InChI is InChI=1S/C29H23ClN2O6S/c30-22-12-8-19(9-13-22)20-10-14-23(15-11-20)39(37,38)32(18-26-24(27(33)34)7-4-16-31-26)29(28(35)36)17-25(29)21-5-2-1-3-6-21/h1-16,25H,17-18H2,(H,33,34)(H,35,36)/t25-,29+/m0/s1. The molecule has 0 bridgehead atoms. The number of rotatable bonds is 9. The highest BCUT2D eigenvalue weighted by molar-refractivity contribution is 7.89. The Morgan fingerprint density at radius 3 is 2.10 bits per heavy atom. The number of nitrogens with zero attached hydrogens (tertiary/aromatic N) is 2. The number of pyridine rings is 1. The third-order valence-corrected chi connectivity index (χ3v) is 9.14. The summed E-state index contributed by atoms with van der Waals surface area (Å²) < 4.78 is 29.2. The molecule has 0 saturated heterocycles. The lowest BCUT2D eigenvalue weighted by atomic mass is 10.1. The van der Waals surface area contributed by atoms with Gasteiger partial charge in [-0.3, -0.25) is 9.78 Å². The number of aromatic carboxylic acids is 1. The number of hydrogen-bond donors (Lipinski definition) is 2. The second-order valence-electron chi connectivity index (χ2n) is 9.24. The van der Waals surface area contributed by atoms with Gasteiger partial charge in [0, 0.05) is 17.1 Å². The van der Waals surface area contributed by atoms with Crippen molar-refractivity contribution in [1.82, 2.24) is 9.29 Å². The van der Waals surface area contributed by atoms with Gasteiger partial charge in [0.25, 0.3) is 0 Å². The van der Waals surface area contributed by atoms with E-state index in [9.17, 15) is 28.2 Å². The number of carboxylic acids is 2. The summed E-state index contributed by atoms with van der Waals surface area (Å²) in [5.74, 6) is -3.23. The second-order valence-corrected chi connectivity index (χ2v) is 11.5. The van der Waals surface area contributed by atoms with Crippen LogP contribution < -0.4 is 0 Å². The van der Waals surface area contributed by atoms with E-state index in [1.165, 1.54) is 30.5 Å². The van der Waals surface area contributed by atoms with Crippen molar-refractivity contribution in [3.8, 4) is 11.1 Å². The molecule has 0 aliphatic heterocycles. The zero-order chi connectivity index (χ0) is 27.8. The Kier molecular flexibility index (Phi) is 6.98. The fourth-order valence-corrected chi connectivity index (χ4v) is 6.74. The minimum atomic E-state index is -4.43. The molecule has 1 fully saturated rings. The van der Waals surface area contributed by atoms with Crippen LogP contribution >= 0.6 is 11.6 Å². The lowest BCUT2D eigenvalue weighted by molar-refractivity contribution is -0.143. The average Bonchev–Trinajstić information content (AvgIpc) is 3.70. The van der Waals surface area contributed by atoms with Crippen molar-refractivity contribution < 1.29 is 28.2 Å². The van der Waals surface area contributed by atoms with Gasteiger partial charge in [0.05, 0.1) is 22.7 Å². The van der Waals surface area contributed by atoms with Crippen molar-refractivity contribution in [2.24, 2.45) is 0 Å². The Bertz CT molecular complexity index is 1640. The van der Waals surface area contributed by atoms with Crippen LogP contribution in [0.4, 0.5) is 0 Å². The van der Waals surface area contributed by atoms with Gasteiger partial charge in [0.15, 0.2) is 0 Å². The number of hydrogen-bond acceptors (Lipinski definition) is 5. The Morgan fingerprint density at radius 2 is 1.51 bits per heavy atom. The first-order valence-electron chi connectivity index (χ1n) is 12.0. The van der Waals surface area contributed by atoms with Gasteiger partial charge in [-0.05, 0) is 59.5 Å². The topological polar surface area (TPSA) is 125 Å². The molecule has 0 amide bonds. The molecule has 5 rings (SSSR count). The molecule has 0 unspecified atom stereocenters. The SMILES string of the molecule is O=C(O)c1cccnc1CN([C@]1(C(=O)O)C[C@H]1c1ccccc1)S(=O)(=O)c1ccc(-c2ccc(Cl)cc2)cc1. The van der Waals surface area contributed by atoms with Gasteiger partial charge in [-0.15, -0.1) is 0 Å². The van der Waals surface area contributed by atoms with E-state index in [1.54, 1.807) is 66.7 Å². The summed E-state index contributed by atoms with van der Waals surface area (Å²) in [5.41, 5.74) is 0.184. The maximum Gasteiger partial charge on any atom is 0.337 e. The summed E-state index contributed by atoms with van der Waals surface area (Å²) in [6.07, 6.45) is 1.38. The van der Waals surface area contributed by atoms with Gasteiger partial charge in [0.1, 0.15) is 5.54 Å². The number of benzene rings is 3. The smallest absolute Gasteiger partial charge is 0.337 e. The van der Waals surface area contributed by atoms with Crippen molar-refractivity contribution in [3.05, 3.63) is 119 Å². The zero-order valence-electron chi connectivity index (χ0n) is 20.4. The monoisotopic (exact) mass is 562 g/mol. The van der Waals surface area contributed by atoms with Crippen LogP contribution in [-0.2, 0) is 21.4 Å². The highest BCUT2D eigenvalue weighted by Gasteiger charge is 2.68. The summed E-state index contributed by atoms with van der Waals surface area (Å²) in [6, 6.07) is 24.7. The third-order valence-electron chi connectivity index (χ3n) is 6.98. The second kappa shape index (κ2) is 10.3. The first-order chi connectivity index (χ1) is 18.6. The molecule has 1 saturated carbocycles. The van der Waals surface area contributed by atoms with E-state index >= 15 is 0 Å². The van der Waals surface area contributed by atoms with Crippen LogP contribution in [0.5, 0.6) is 0 Å².